The van der Waals surface area contributed by atoms with Crippen LogP contribution in [0.4, 0.5) is 4.79 Å². The van der Waals surface area contributed by atoms with Crippen molar-refractivity contribution in [1.29, 1.82) is 0 Å². The Bertz CT molecular complexity index is 625. The number of benzene rings is 1. The second kappa shape index (κ2) is 14.7. The summed E-state index contributed by atoms with van der Waals surface area (Å²) in [6.07, 6.45) is 0.329. The van der Waals surface area contributed by atoms with Crippen LogP contribution < -0.4 is 40.0 Å². The molecule has 0 saturated carbocycles. The maximum Gasteiger partial charge on any atom is 1.00 e. The Hall–Kier alpha value is -1.28. The summed E-state index contributed by atoms with van der Waals surface area (Å²) in [5.41, 5.74) is 0.534. The number of hydrogen-bond donors (Lipinski definition) is 1. The number of alkyl carbamates (subject to hydrolysis) is 1. The van der Waals surface area contributed by atoms with Gasteiger partial charge >= 0.3 is 41.6 Å². The first kappa shape index (κ1) is 26.7. The molecule has 7 nitrogen and oxygen atoms in total. The van der Waals surface area contributed by atoms with Gasteiger partial charge in [0.05, 0.1) is 0 Å². The standard InChI is InChI=1S/C19H26ClNO6.Na/c1-3-5-16(22)26-17(6-4-2)27-19(25)21-12-11-15(18(23)24)13-7-9-14(20)10-8-13;/h7-10,15,17H,3-6,11-12H2,1-2H3,(H,21,25)(H,23,24);/q;+1/p-1. The summed E-state index contributed by atoms with van der Waals surface area (Å²) in [5.74, 6) is -2.57. The number of rotatable bonds is 11. The Morgan fingerprint density at radius 2 is 1.71 bits per heavy atom. The van der Waals surface area contributed by atoms with Gasteiger partial charge in [-0.05, 0) is 37.0 Å². The van der Waals surface area contributed by atoms with E-state index in [1.54, 1.807) is 24.3 Å². The van der Waals surface area contributed by atoms with Gasteiger partial charge in [-0.25, -0.2) is 4.79 Å². The van der Waals surface area contributed by atoms with Crippen molar-refractivity contribution < 1.29 is 58.5 Å². The minimum Gasteiger partial charge on any atom is -0.549 e. The van der Waals surface area contributed by atoms with Gasteiger partial charge in [0.15, 0.2) is 0 Å². The number of hydrogen-bond acceptors (Lipinski definition) is 6. The molecule has 0 fully saturated rings. The summed E-state index contributed by atoms with van der Waals surface area (Å²) in [4.78, 5) is 34.8. The smallest absolute Gasteiger partial charge is 0.549 e. The normalized spacial score (nSPS) is 12.2. The van der Waals surface area contributed by atoms with Crippen molar-refractivity contribution in [1.82, 2.24) is 5.32 Å². The zero-order chi connectivity index (χ0) is 20.2. The van der Waals surface area contributed by atoms with E-state index >= 15 is 0 Å². The van der Waals surface area contributed by atoms with E-state index < -0.39 is 30.2 Å². The van der Waals surface area contributed by atoms with Crippen LogP contribution >= 0.6 is 11.6 Å². The quantitative estimate of drug-likeness (QED) is 0.300. The van der Waals surface area contributed by atoms with Crippen molar-refractivity contribution in [2.45, 2.75) is 58.2 Å². The van der Waals surface area contributed by atoms with Gasteiger partial charge in [-0.1, -0.05) is 37.6 Å². The SMILES string of the molecule is CCCC(=O)OC(CCC)OC(=O)NCCC(C(=O)[O-])c1ccc(Cl)cc1.[Na+]. The van der Waals surface area contributed by atoms with E-state index in [1.807, 2.05) is 13.8 Å². The van der Waals surface area contributed by atoms with Gasteiger partial charge in [0.1, 0.15) is 0 Å². The van der Waals surface area contributed by atoms with Crippen LogP contribution in [0.5, 0.6) is 0 Å². The number of ether oxygens (including phenoxy) is 2. The number of esters is 1. The average Bonchev–Trinajstić information content (AvgIpc) is 2.60. The van der Waals surface area contributed by atoms with E-state index in [2.05, 4.69) is 5.32 Å². The van der Waals surface area contributed by atoms with E-state index in [-0.39, 0.29) is 48.9 Å². The fourth-order valence-electron chi connectivity index (χ4n) is 2.38. The van der Waals surface area contributed by atoms with E-state index in [4.69, 9.17) is 21.1 Å². The van der Waals surface area contributed by atoms with Crippen molar-refractivity contribution in [3.8, 4) is 0 Å². The van der Waals surface area contributed by atoms with E-state index in [1.165, 1.54) is 0 Å². The Morgan fingerprint density at radius 3 is 2.25 bits per heavy atom. The second-order valence-corrected chi connectivity index (χ2v) is 6.44. The molecule has 0 aliphatic rings. The molecule has 1 aromatic carbocycles. The Labute approximate surface area is 192 Å². The number of aliphatic carboxylic acids is 1. The van der Waals surface area contributed by atoms with Gasteiger partial charge in [-0.3, -0.25) is 4.79 Å². The third-order valence-electron chi connectivity index (χ3n) is 3.74. The summed E-state index contributed by atoms with van der Waals surface area (Å²) in [7, 11) is 0. The van der Waals surface area contributed by atoms with Crippen LogP contribution in [-0.4, -0.2) is 30.9 Å². The second-order valence-electron chi connectivity index (χ2n) is 6.00. The van der Waals surface area contributed by atoms with E-state index in [0.717, 1.165) is 0 Å². The molecule has 9 heteroatoms. The van der Waals surface area contributed by atoms with Crippen LogP contribution in [0.25, 0.3) is 0 Å². The van der Waals surface area contributed by atoms with Crippen molar-refractivity contribution >= 4 is 29.6 Å². The number of carboxylic acid groups (broad SMARTS) is 1. The van der Waals surface area contributed by atoms with Gasteiger partial charge in [-0.2, -0.15) is 0 Å². The molecule has 2 unspecified atom stereocenters. The van der Waals surface area contributed by atoms with Gasteiger partial charge < -0.3 is 24.7 Å². The third kappa shape index (κ3) is 10.3. The molecular formula is C19H25ClNNaO6. The number of halogens is 1. The molecule has 0 spiro atoms. The van der Waals surface area contributed by atoms with Crippen LogP contribution in [0, 0.1) is 0 Å². The molecular weight excluding hydrogens is 397 g/mol. The molecule has 28 heavy (non-hydrogen) atoms. The van der Waals surface area contributed by atoms with Crippen LogP contribution in [-0.2, 0) is 19.1 Å². The molecule has 0 saturated heterocycles. The van der Waals surface area contributed by atoms with Crippen LogP contribution in [0.3, 0.4) is 0 Å². The number of carboxylic acids is 1. The zero-order valence-electron chi connectivity index (χ0n) is 16.5. The number of amides is 1. The minimum absolute atomic E-state index is 0. The fourth-order valence-corrected chi connectivity index (χ4v) is 2.51. The van der Waals surface area contributed by atoms with E-state index in [0.29, 0.717) is 29.8 Å². The molecule has 1 rings (SSSR count). The molecule has 2 atom stereocenters. The number of carbonyl (C=O) groups excluding carboxylic acids is 3. The zero-order valence-corrected chi connectivity index (χ0v) is 19.3. The Morgan fingerprint density at radius 1 is 1.07 bits per heavy atom. The molecule has 0 bridgehead atoms. The molecule has 1 N–H and O–H groups in total. The van der Waals surface area contributed by atoms with Crippen molar-refractivity contribution in [2.75, 3.05) is 6.54 Å². The Kier molecular flexibility index (Phi) is 14.0. The first-order valence-corrected chi connectivity index (χ1v) is 9.35. The summed E-state index contributed by atoms with van der Waals surface area (Å²) in [6, 6.07) is 6.39. The summed E-state index contributed by atoms with van der Waals surface area (Å²) in [6.45, 7) is 3.78. The minimum atomic E-state index is -1.25. The van der Waals surface area contributed by atoms with Gasteiger partial charge in [-0.15, -0.1) is 0 Å². The van der Waals surface area contributed by atoms with Crippen molar-refractivity contribution in [3.05, 3.63) is 34.9 Å². The topological polar surface area (TPSA) is 105 Å². The predicted octanol–water partition coefficient (Wildman–Crippen LogP) is -0.237. The van der Waals surface area contributed by atoms with Gasteiger partial charge in [0, 0.05) is 36.3 Å². The number of carbonyl (C=O) groups is 3. The summed E-state index contributed by atoms with van der Waals surface area (Å²) < 4.78 is 10.2. The van der Waals surface area contributed by atoms with Crippen molar-refractivity contribution in [2.24, 2.45) is 0 Å². The summed E-state index contributed by atoms with van der Waals surface area (Å²) >= 11 is 5.80. The van der Waals surface area contributed by atoms with E-state index in [9.17, 15) is 19.5 Å². The van der Waals surface area contributed by atoms with Gasteiger partial charge in [0.2, 0.25) is 6.29 Å². The fraction of sp³-hybridized carbons (Fsp3) is 0.526. The maximum absolute atomic E-state index is 11.9. The molecule has 0 heterocycles. The first-order valence-electron chi connectivity index (χ1n) is 8.97. The monoisotopic (exact) mass is 421 g/mol. The molecule has 0 aliphatic heterocycles. The largest absolute Gasteiger partial charge is 1.00 e. The van der Waals surface area contributed by atoms with Crippen LogP contribution in [0.1, 0.15) is 57.4 Å². The molecule has 0 aliphatic carbocycles. The van der Waals surface area contributed by atoms with Gasteiger partial charge in [0.25, 0.3) is 0 Å². The molecule has 1 aromatic rings. The number of nitrogens with one attached hydrogen (secondary N) is 1. The molecule has 0 radical (unpaired) electrons. The molecule has 0 aromatic heterocycles. The predicted molar refractivity (Wildman–Crippen MR) is 98.0 cm³/mol. The molecule has 1 amide bonds. The average molecular weight is 422 g/mol. The Balaban J connectivity index is 0.00000729. The first-order chi connectivity index (χ1) is 12.9. The molecule has 150 valence electrons. The third-order valence-corrected chi connectivity index (χ3v) is 3.99. The maximum atomic E-state index is 11.9. The van der Waals surface area contributed by atoms with Crippen LogP contribution in [0.15, 0.2) is 24.3 Å². The summed E-state index contributed by atoms with van der Waals surface area (Å²) in [5, 5.41) is 14.3. The van der Waals surface area contributed by atoms with Crippen molar-refractivity contribution in [3.63, 3.8) is 0 Å². The van der Waals surface area contributed by atoms with Crippen LogP contribution in [0.2, 0.25) is 5.02 Å².